The summed E-state index contributed by atoms with van der Waals surface area (Å²) in [4.78, 5) is 2.33. The highest BCUT2D eigenvalue weighted by molar-refractivity contribution is 4.60. The van der Waals surface area contributed by atoms with E-state index in [1.54, 1.807) is 0 Å². The molecule has 0 saturated carbocycles. The number of unbranched alkanes of at least 4 members (excludes halogenated alkanes) is 6. The Morgan fingerprint density at radius 1 is 0.812 bits per heavy atom. The first-order valence-corrected chi connectivity index (χ1v) is 7.35. The molecule has 1 atom stereocenters. The van der Waals surface area contributed by atoms with E-state index in [2.05, 4.69) is 32.8 Å². The molecule has 16 heavy (non-hydrogen) atoms. The molecule has 0 heterocycles. The zero-order valence-corrected chi connectivity index (χ0v) is 12.1. The fraction of sp³-hybridized carbons (Fsp3) is 1.00. The van der Waals surface area contributed by atoms with Crippen LogP contribution in [0.4, 0.5) is 0 Å². The van der Waals surface area contributed by atoms with Crippen molar-refractivity contribution in [2.45, 2.75) is 71.6 Å². The van der Waals surface area contributed by atoms with Gasteiger partial charge in [0.1, 0.15) is 0 Å². The van der Waals surface area contributed by atoms with Crippen molar-refractivity contribution in [2.75, 3.05) is 20.6 Å². The van der Waals surface area contributed by atoms with Gasteiger partial charge in [-0.15, -0.1) is 0 Å². The predicted octanol–water partition coefficient (Wildman–Crippen LogP) is 4.71. The Labute approximate surface area is 104 Å². The fourth-order valence-corrected chi connectivity index (χ4v) is 2.33. The van der Waals surface area contributed by atoms with Gasteiger partial charge in [0.05, 0.1) is 0 Å². The molecule has 0 radical (unpaired) electrons. The smallest absolute Gasteiger partial charge is 0.000346 e. The van der Waals surface area contributed by atoms with Gasteiger partial charge in [-0.25, -0.2) is 0 Å². The Morgan fingerprint density at radius 3 is 1.88 bits per heavy atom. The number of hydrogen-bond donors (Lipinski definition) is 0. The molecule has 0 aliphatic carbocycles. The summed E-state index contributed by atoms with van der Waals surface area (Å²) in [5.74, 6) is 0.922. The highest BCUT2D eigenvalue weighted by Gasteiger charge is 2.06. The molecule has 0 amide bonds. The van der Waals surface area contributed by atoms with Gasteiger partial charge in [0.25, 0.3) is 0 Å². The Balaban J connectivity index is 3.27. The topological polar surface area (TPSA) is 3.24 Å². The third kappa shape index (κ3) is 10.5. The second kappa shape index (κ2) is 11.4. The van der Waals surface area contributed by atoms with Gasteiger partial charge in [0.15, 0.2) is 0 Å². The van der Waals surface area contributed by atoms with Crippen LogP contribution in [0, 0.1) is 5.92 Å². The molecule has 0 aliphatic rings. The quantitative estimate of drug-likeness (QED) is 0.462. The summed E-state index contributed by atoms with van der Waals surface area (Å²) in [6.07, 6.45) is 12.8. The molecule has 1 heteroatoms. The average molecular weight is 227 g/mol. The number of rotatable bonds is 11. The minimum Gasteiger partial charge on any atom is -0.309 e. The van der Waals surface area contributed by atoms with Crippen molar-refractivity contribution < 1.29 is 0 Å². The number of hydrogen-bond acceptors (Lipinski definition) is 1. The lowest BCUT2D eigenvalue weighted by Crippen LogP contribution is -2.21. The molecule has 0 N–H and O–H groups in total. The van der Waals surface area contributed by atoms with Crippen LogP contribution in [0.1, 0.15) is 71.6 Å². The van der Waals surface area contributed by atoms with Crippen molar-refractivity contribution in [3.8, 4) is 0 Å². The largest absolute Gasteiger partial charge is 0.309 e. The van der Waals surface area contributed by atoms with E-state index in [-0.39, 0.29) is 0 Å². The molecule has 0 aliphatic heterocycles. The lowest BCUT2D eigenvalue weighted by molar-refractivity contribution is 0.299. The normalized spacial score (nSPS) is 13.3. The minimum atomic E-state index is 0.922. The molecule has 1 nitrogen and oxygen atoms in total. The summed E-state index contributed by atoms with van der Waals surface area (Å²) in [7, 11) is 4.38. The van der Waals surface area contributed by atoms with E-state index in [4.69, 9.17) is 0 Å². The van der Waals surface area contributed by atoms with E-state index in [0.29, 0.717) is 0 Å². The molecule has 1 unspecified atom stereocenters. The SMILES string of the molecule is CCCCCCCCCC(CC)CN(C)C. The minimum absolute atomic E-state index is 0.922. The van der Waals surface area contributed by atoms with Crippen LogP contribution < -0.4 is 0 Å². The predicted molar refractivity (Wildman–Crippen MR) is 74.9 cm³/mol. The lowest BCUT2D eigenvalue weighted by Gasteiger charge is -2.19. The fourth-order valence-electron chi connectivity index (χ4n) is 2.33. The van der Waals surface area contributed by atoms with Gasteiger partial charge in [0.2, 0.25) is 0 Å². The van der Waals surface area contributed by atoms with Crippen molar-refractivity contribution in [1.29, 1.82) is 0 Å². The van der Waals surface area contributed by atoms with Gasteiger partial charge in [-0.05, 0) is 26.4 Å². The number of nitrogens with zero attached hydrogens (tertiary/aromatic N) is 1. The molecule has 0 rings (SSSR count). The van der Waals surface area contributed by atoms with Crippen LogP contribution in [0.3, 0.4) is 0 Å². The highest BCUT2D eigenvalue weighted by atomic mass is 15.1. The molecular weight excluding hydrogens is 194 g/mol. The summed E-state index contributed by atoms with van der Waals surface area (Å²) in [6.45, 7) is 5.88. The standard InChI is InChI=1S/C15H33N/c1-5-7-8-9-10-11-12-13-15(6-2)14-16(3)4/h15H,5-14H2,1-4H3. The Hall–Kier alpha value is -0.0400. The van der Waals surface area contributed by atoms with E-state index < -0.39 is 0 Å². The van der Waals surface area contributed by atoms with Crippen LogP contribution in [0.15, 0.2) is 0 Å². The Bertz CT molecular complexity index is 131. The third-order valence-corrected chi connectivity index (χ3v) is 3.42. The van der Waals surface area contributed by atoms with Crippen molar-refractivity contribution in [1.82, 2.24) is 4.90 Å². The monoisotopic (exact) mass is 227 g/mol. The maximum Gasteiger partial charge on any atom is 0.000346 e. The Kier molecular flexibility index (Phi) is 11.4. The van der Waals surface area contributed by atoms with Gasteiger partial charge in [-0.1, -0.05) is 65.2 Å². The summed E-state index contributed by atoms with van der Waals surface area (Å²) in [5, 5.41) is 0. The van der Waals surface area contributed by atoms with Crippen molar-refractivity contribution in [3.63, 3.8) is 0 Å². The van der Waals surface area contributed by atoms with Crippen LogP contribution in [0.5, 0.6) is 0 Å². The van der Waals surface area contributed by atoms with E-state index in [1.165, 1.54) is 64.3 Å². The zero-order chi connectivity index (χ0) is 12.2. The molecule has 0 aromatic heterocycles. The van der Waals surface area contributed by atoms with Crippen LogP contribution in [0.2, 0.25) is 0 Å². The van der Waals surface area contributed by atoms with Crippen LogP contribution >= 0.6 is 0 Å². The molecule has 0 spiro atoms. The summed E-state index contributed by atoms with van der Waals surface area (Å²) < 4.78 is 0. The first-order valence-electron chi connectivity index (χ1n) is 7.35. The zero-order valence-electron chi connectivity index (χ0n) is 12.1. The van der Waals surface area contributed by atoms with E-state index in [0.717, 1.165) is 5.92 Å². The molecule has 0 bridgehead atoms. The van der Waals surface area contributed by atoms with Gasteiger partial charge in [-0.2, -0.15) is 0 Å². The molecule has 0 aromatic carbocycles. The third-order valence-electron chi connectivity index (χ3n) is 3.42. The van der Waals surface area contributed by atoms with Crippen molar-refractivity contribution in [3.05, 3.63) is 0 Å². The second-order valence-electron chi connectivity index (χ2n) is 5.45. The molecular formula is C15H33N. The van der Waals surface area contributed by atoms with Crippen LogP contribution in [-0.2, 0) is 0 Å². The molecule has 98 valence electrons. The molecule has 0 fully saturated rings. The van der Waals surface area contributed by atoms with Gasteiger partial charge < -0.3 is 4.90 Å². The van der Waals surface area contributed by atoms with Crippen LogP contribution in [0.25, 0.3) is 0 Å². The van der Waals surface area contributed by atoms with E-state index in [9.17, 15) is 0 Å². The molecule has 0 aromatic rings. The maximum absolute atomic E-state index is 2.33. The first kappa shape index (κ1) is 16.0. The van der Waals surface area contributed by atoms with Crippen molar-refractivity contribution in [2.24, 2.45) is 5.92 Å². The maximum atomic E-state index is 2.33. The second-order valence-corrected chi connectivity index (χ2v) is 5.45. The lowest BCUT2D eigenvalue weighted by atomic mass is 9.97. The van der Waals surface area contributed by atoms with Crippen LogP contribution in [-0.4, -0.2) is 25.5 Å². The van der Waals surface area contributed by atoms with Crippen molar-refractivity contribution >= 4 is 0 Å². The van der Waals surface area contributed by atoms with Gasteiger partial charge in [0, 0.05) is 6.54 Å². The highest BCUT2D eigenvalue weighted by Crippen LogP contribution is 2.15. The van der Waals surface area contributed by atoms with E-state index in [1.807, 2.05) is 0 Å². The van der Waals surface area contributed by atoms with E-state index >= 15 is 0 Å². The summed E-state index contributed by atoms with van der Waals surface area (Å²) in [5.41, 5.74) is 0. The molecule has 0 saturated heterocycles. The first-order chi connectivity index (χ1) is 7.70. The Morgan fingerprint density at radius 2 is 1.38 bits per heavy atom. The van der Waals surface area contributed by atoms with Gasteiger partial charge >= 0.3 is 0 Å². The average Bonchev–Trinajstić information content (AvgIpc) is 2.25. The van der Waals surface area contributed by atoms with Gasteiger partial charge in [-0.3, -0.25) is 0 Å². The summed E-state index contributed by atoms with van der Waals surface area (Å²) in [6, 6.07) is 0. The summed E-state index contributed by atoms with van der Waals surface area (Å²) >= 11 is 0.